The lowest BCUT2D eigenvalue weighted by molar-refractivity contribution is -0.384. The number of nitrogens with zero attached hydrogens (tertiary/aromatic N) is 1. The Labute approximate surface area is 121 Å². The molecule has 0 saturated heterocycles. The van der Waals surface area contributed by atoms with Gasteiger partial charge >= 0.3 is 5.97 Å². The van der Waals surface area contributed by atoms with Crippen LogP contribution in [-0.2, 0) is 4.79 Å². The fourth-order valence-corrected chi connectivity index (χ4v) is 1.85. The van der Waals surface area contributed by atoms with E-state index in [1.54, 1.807) is 0 Å². The number of carboxylic acid groups (broad SMARTS) is 1. The molecule has 4 N–H and O–H groups in total. The Balaban J connectivity index is 2.89. The van der Waals surface area contributed by atoms with Crippen LogP contribution in [0.3, 0.4) is 0 Å². The van der Waals surface area contributed by atoms with E-state index in [2.05, 4.69) is 5.32 Å². The van der Waals surface area contributed by atoms with E-state index in [-0.39, 0.29) is 29.3 Å². The molecule has 1 aromatic carbocycles. The van der Waals surface area contributed by atoms with Gasteiger partial charge in [0.1, 0.15) is 5.69 Å². The van der Waals surface area contributed by atoms with E-state index in [1.165, 1.54) is 12.1 Å². The number of nitro benzene ring substituents is 1. The van der Waals surface area contributed by atoms with Gasteiger partial charge in [0.05, 0.1) is 4.92 Å². The summed E-state index contributed by atoms with van der Waals surface area (Å²) in [5.41, 5.74) is 5.09. The van der Waals surface area contributed by atoms with Crippen molar-refractivity contribution in [3.63, 3.8) is 0 Å². The SMILES string of the molecule is CCC(CNc1ccc(C(N)=O)cc1[N+](=O)[O-])CC(=O)O. The molecular formula is C13H17N3O5. The standard InChI is InChI=1S/C13H17N3O5/c1-2-8(5-12(17)18)7-15-10-4-3-9(13(14)19)6-11(10)16(20)21/h3-4,6,8,15H,2,5,7H2,1H3,(H2,14,19)(H,17,18). The summed E-state index contributed by atoms with van der Waals surface area (Å²) >= 11 is 0. The van der Waals surface area contributed by atoms with Crippen molar-refractivity contribution in [1.82, 2.24) is 0 Å². The van der Waals surface area contributed by atoms with Gasteiger partial charge in [0.25, 0.3) is 5.69 Å². The number of amides is 1. The Morgan fingerprint density at radius 2 is 2.14 bits per heavy atom. The van der Waals surface area contributed by atoms with E-state index in [0.29, 0.717) is 13.0 Å². The Morgan fingerprint density at radius 3 is 2.62 bits per heavy atom. The molecule has 21 heavy (non-hydrogen) atoms. The number of nitro groups is 1. The fraction of sp³-hybridized carbons (Fsp3) is 0.385. The van der Waals surface area contributed by atoms with Crippen LogP contribution in [0.5, 0.6) is 0 Å². The second-order valence-electron chi connectivity index (χ2n) is 4.61. The van der Waals surface area contributed by atoms with Crippen molar-refractivity contribution in [2.45, 2.75) is 19.8 Å². The van der Waals surface area contributed by atoms with Crippen molar-refractivity contribution in [2.24, 2.45) is 11.7 Å². The molecule has 0 aliphatic heterocycles. The number of nitrogens with two attached hydrogens (primary N) is 1. The lowest BCUT2D eigenvalue weighted by Gasteiger charge is -2.14. The first-order valence-corrected chi connectivity index (χ1v) is 6.39. The Morgan fingerprint density at radius 1 is 1.48 bits per heavy atom. The molecule has 0 fully saturated rings. The molecule has 0 aliphatic carbocycles. The van der Waals surface area contributed by atoms with E-state index in [0.717, 1.165) is 6.07 Å². The number of primary amides is 1. The van der Waals surface area contributed by atoms with Crippen LogP contribution in [-0.4, -0.2) is 28.5 Å². The van der Waals surface area contributed by atoms with E-state index < -0.39 is 16.8 Å². The minimum absolute atomic E-state index is 0.0172. The van der Waals surface area contributed by atoms with Crippen LogP contribution in [0.25, 0.3) is 0 Å². The minimum Gasteiger partial charge on any atom is -0.481 e. The van der Waals surface area contributed by atoms with E-state index >= 15 is 0 Å². The Bertz CT molecular complexity index is 559. The maximum absolute atomic E-state index is 11.0. The van der Waals surface area contributed by atoms with Crippen molar-refractivity contribution in [1.29, 1.82) is 0 Å². The number of hydrogen-bond donors (Lipinski definition) is 3. The van der Waals surface area contributed by atoms with Gasteiger partial charge in [-0.05, 0) is 18.1 Å². The van der Waals surface area contributed by atoms with Crippen LogP contribution in [0.1, 0.15) is 30.1 Å². The molecule has 0 spiro atoms. The minimum atomic E-state index is -0.915. The summed E-state index contributed by atoms with van der Waals surface area (Å²) in [4.78, 5) is 32.1. The molecule has 1 atom stereocenters. The molecule has 0 saturated carbocycles. The van der Waals surface area contributed by atoms with Gasteiger partial charge in [-0.3, -0.25) is 19.7 Å². The van der Waals surface area contributed by atoms with E-state index in [4.69, 9.17) is 10.8 Å². The number of carbonyl (C=O) groups excluding carboxylic acids is 1. The highest BCUT2D eigenvalue weighted by molar-refractivity contribution is 5.94. The number of benzene rings is 1. The van der Waals surface area contributed by atoms with Crippen molar-refractivity contribution < 1.29 is 19.6 Å². The molecular weight excluding hydrogens is 278 g/mol. The first kappa shape index (κ1) is 16.4. The van der Waals surface area contributed by atoms with E-state index in [1.807, 2.05) is 6.92 Å². The highest BCUT2D eigenvalue weighted by Crippen LogP contribution is 2.26. The van der Waals surface area contributed by atoms with E-state index in [9.17, 15) is 19.7 Å². The largest absolute Gasteiger partial charge is 0.481 e. The highest BCUT2D eigenvalue weighted by Gasteiger charge is 2.18. The van der Waals surface area contributed by atoms with Gasteiger partial charge < -0.3 is 16.2 Å². The molecule has 0 radical (unpaired) electrons. The summed E-state index contributed by atoms with van der Waals surface area (Å²) in [6, 6.07) is 3.88. The topological polar surface area (TPSA) is 136 Å². The van der Waals surface area contributed by atoms with Crippen LogP contribution in [0.2, 0.25) is 0 Å². The lowest BCUT2D eigenvalue weighted by atomic mass is 10.0. The number of carboxylic acids is 1. The molecule has 8 nitrogen and oxygen atoms in total. The van der Waals surface area contributed by atoms with Gasteiger partial charge in [-0.25, -0.2) is 0 Å². The molecule has 114 valence electrons. The smallest absolute Gasteiger partial charge is 0.303 e. The van der Waals surface area contributed by atoms with Gasteiger partial charge in [0, 0.05) is 24.6 Å². The normalized spacial score (nSPS) is 11.7. The van der Waals surface area contributed by atoms with Gasteiger partial charge in [0.2, 0.25) is 5.91 Å². The summed E-state index contributed by atoms with van der Waals surface area (Å²) in [5, 5.41) is 22.6. The zero-order valence-electron chi connectivity index (χ0n) is 11.5. The van der Waals surface area contributed by atoms with Crippen LogP contribution in [0.4, 0.5) is 11.4 Å². The highest BCUT2D eigenvalue weighted by atomic mass is 16.6. The molecule has 1 unspecified atom stereocenters. The Kier molecular flexibility index (Phi) is 5.65. The van der Waals surface area contributed by atoms with Crippen molar-refractivity contribution in [3.8, 4) is 0 Å². The van der Waals surface area contributed by atoms with Crippen molar-refractivity contribution in [2.75, 3.05) is 11.9 Å². The number of anilines is 1. The van der Waals surface area contributed by atoms with Crippen LogP contribution in [0, 0.1) is 16.0 Å². The molecule has 1 aromatic rings. The summed E-state index contributed by atoms with van der Waals surface area (Å²) in [5.74, 6) is -1.80. The fourth-order valence-electron chi connectivity index (χ4n) is 1.85. The number of carbonyl (C=O) groups is 2. The van der Waals surface area contributed by atoms with Crippen molar-refractivity contribution in [3.05, 3.63) is 33.9 Å². The number of hydrogen-bond acceptors (Lipinski definition) is 5. The third-order valence-corrected chi connectivity index (χ3v) is 3.10. The summed E-state index contributed by atoms with van der Waals surface area (Å²) in [7, 11) is 0. The third-order valence-electron chi connectivity index (χ3n) is 3.10. The number of rotatable bonds is 8. The maximum atomic E-state index is 11.0. The van der Waals surface area contributed by atoms with Crippen LogP contribution >= 0.6 is 0 Å². The van der Waals surface area contributed by atoms with Crippen molar-refractivity contribution >= 4 is 23.3 Å². The zero-order chi connectivity index (χ0) is 16.0. The van der Waals surface area contributed by atoms with Gasteiger partial charge in [-0.1, -0.05) is 13.3 Å². The maximum Gasteiger partial charge on any atom is 0.303 e. The Hall–Kier alpha value is -2.64. The molecule has 0 bridgehead atoms. The summed E-state index contributed by atoms with van der Waals surface area (Å²) in [6.45, 7) is 2.14. The van der Waals surface area contributed by atoms with Gasteiger partial charge in [-0.15, -0.1) is 0 Å². The third kappa shape index (κ3) is 4.75. The van der Waals surface area contributed by atoms with Gasteiger partial charge in [-0.2, -0.15) is 0 Å². The summed E-state index contributed by atoms with van der Waals surface area (Å²) in [6.07, 6.45) is 0.614. The van der Waals surface area contributed by atoms with Crippen LogP contribution in [0.15, 0.2) is 18.2 Å². The predicted octanol–water partition coefficient (Wildman–Crippen LogP) is 1.61. The van der Waals surface area contributed by atoms with Crippen LogP contribution < -0.4 is 11.1 Å². The number of nitrogens with one attached hydrogen (secondary N) is 1. The van der Waals surface area contributed by atoms with Gasteiger partial charge in [0.15, 0.2) is 0 Å². The first-order valence-electron chi connectivity index (χ1n) is 6.39. The quantitative estimate of drug-likeness (QED) is 0.492. The zero-order valence-corrected chi connectivity index (χ0v) is 11.5. The number of aliphatic carboxylic acids is 1. The molecule has 1 amide bonds. The average molecular weight is 295 g/mol. The second kappa shape index (κ2) is 7.22. The molecule has 0 aliphatic rings. The lowest BCUT2D eigenvalue weighted by Crippen LogP contribution is -2.18. The molecule has 0 heterocycles. The molecule has 8 heteroatoms. The monoisotopic (exact) mass is 295 g/mol. The summed E-state index contributed by atoms with van der Waals surface area (Å²) < 4.78 is 0. The molecule has 1 rings (SSSR count). The average Bonchev–Trinajstić information content (AvgIpc) is 2.42. The molecule has 0 aromatic heterocycles. The first-order chi connectivity index (χ1) is 9.85. The predicted molar refractivity (Wildman–Crippen MR) is 76.1 cm³/mol. The second-order valence-corrected chi connectivity index (χ2v) is 4.61.